The van der Waals surface area contributed by atoms with Crippen LogP contribution in [-0.2, 0) is 0 Å². The molecule has 6 nitrogen and oxygen atoms in total. The molecule has 6 heteroatoms. The highest BCUT2D eigenvalue weighted by atomic mass is 16.5. The van der Waals surface area contributed by atoms with Gasteiger partial charge in [0.2, 0.25) is 0 Å². The quantitative estimate of drug-likeness (QED) is 0.548. The Hall–Kier alpha value is -1.34. The Morgan fingerprint density at radius 2 is 1.80 bits per heavy atom. The number of rotatable bonds is 10. The van der Waals surface area contributed by atoms with E-state index < -0.39 is 6.10 Å². The number of benzene rings is 1. The molecule has 0 aliphatic heterocycles. The SMILES string of the molecule is COc1cccc(OC[C@@H](O)CN(CCO)CCO)c1. The van der Waals surface area contributed by atoms with E-state index in [0.717, 1.165) is 0 Å². The van der Waals surface area contributed by atoms with Gasteiger partial charge in [-0.1, -0.05) is 6.07 Å². The van der Waals surface area contributed by atoms with Crippen molar-refractivity contribution in [2.24, 2.45) is 0 Å². The lowest BCUT2D eigenvalue weighted by atomic mass is 10.3. The van der Waals surface area contributed by atoms with Gasteiger partial charge in [-0.2, -0.15) is 0 Å². The van der Waals surface area contributed by atoms with Crippen molar-refractivity contribution in [3.63, 3.8) is 0 Å². The monoisotopic (exact) mass is 285 g/mol. The lowest BCUT2D eigenvalue weighted by molar-refractivity contribution is 0.0551. The van der Waals surface area contributed by atoms with Gasteiger partial charge in [-0.3, -0.25) is 4.90 Å². The summed E-state index contributed by atoms with van der Waals surface area (Å²) in [6.45, 7) is 1.28. The normalized spacial score (nSPS) is 12.4. The van der Waals surface area contributed by atoms with Gasteiger partial charge >= 0.3 is 0 Å². The number of ether oxygens (including phenoxy) is 2. The van der Waals surface area contributed by atoms with Crippen LogP contribution in [0.1, 0.15) is 0 Å². The summed E-state index contributed by atoms with van der Waals surface area (Å²) in [6.07, 6.45) is -0.695. The summed E-state index contributed by atoms with van der Waals surface area (Å²) in [5, 5.41) is 27.7. The number of hydrogen-bond acceptors (Lipinski definition) is 6. The summed E-state index contributed by atoms with van der Waals surface area (Å²) in [5.74, 6) is 1.32. The Morgan fingerprint density at radius 1 is 1.15 bits per heavy atom. The summed E-state index contributed by atoms with van der Waals surface area (Å²) in [6, 6.07) is 7.15. The summed E-state index contributed by atoms with van der Waals surface area (Å²) in [7, 11) is 1.58. The van der Waals surface area contributed by atoms with Crippen molar-refractivity contribution < 1.29 is 24.8 Å². The Balaban J connectivity index is 2.39. The lowest BCUT2D eigenvalue weighted by Gasteiger charge is -2.23. The van der Waals surface area contributed by atoms with Crippen molar-refractivity contribution >= 4 is 0 Å². The fraction of sp³-hybridized carbons (Fsp3) is 0.571. The van der Waals surface area contributed by atoms with Crippen molar-refractivity contribution in [2.75, 3.05) is 46.6 Å². The molecule has 20 heavy (non-hydrogen) atoms. The van der Waals surface area contributed by atoms with Gasteiger partial charge in [-0.25, -0.2) is 0 Å². The first-order valence-electron chi connectivity index (χ1n) is 6.58. The smallest absolute Gasteiger partial charge is 0.123 e. The number of hydrogen-bond donors (Lipinski definition) is 3. The van der Waals surface area contributed by atoms with Gasteiger partial charge in [0.1, 0.15) is 24.2 Å². The first kappa shape index (κ1) is 16.7. The second-order valence-electron chi connectivity index (χ2n) is 4.39. The topological polar surface area (TPSA) is 82.4 Å². The maximum atomic E-state index is 9.90. The largest absolute Gasteiger partial charge is 0.497 e. The Morgan fingerprint density at radius 3 is 2.40 bits per heavy atom. The Kier molecular flexibility index (Phi) is 7.98. The van der Waals surface area contributed by atoms with Crippen molar-refractivity contribution in [1.82, 2.24) is 4.90 Å². The van der Waals surface area contributed by atoms with Crippen LogP contribution in [0.3, 0.4) is 0 Å². The molecule has 0 bridgehead atoms. The molecule has 0 spiro atoms. The van der Waals surface area contributed by atoms with E-state index in [1.54, 1.807) is 24.1 Å². The van der Waals surface area contributed by atoms with Crippen LogP contribution in [0.15, 0.2) is 24.3 Å². The fourth-order valence-corrected chi connectivity index (χ4v) is 1.81. The summed E-state index contributed by atoms with van der Waals surface area (Å²) in [5.41, 5.74) is 0. The van der Waals surface area contributed by atoms with E-state index in [4.69, 9.17) is 19.7 Å². The molecule has 0 heterocycles. The minimum atomic E-state index is -0.695. The molecule has 0 saturated heterocycles. The zero-order valence-corrected chi connectivity index (χ0v) is 11.7. The van der Waals surface area contributed by atoms with Crippen molar-refractivity contribution in [3.05, 3.63) is 24.3 Å². The van der Waals surface area contributed by atoms with E-state index in [1.807, 2.05) is 12.1 Å². The van der Waals surface area contributed by atoms with Crippen LogP contribution in [0.2, 0.25) is 0 Å². The van der Waals surface area contributed by atoms with Crippen molar-refractivity contribution in [3.8, 4) is 11.5 Å². The van der Waals surface area contributed by atoms with Crippen LogP contribution in [-0.4, -0.2) is 72.9 Å². The summed E-state index contributed by atoms with van der Waals surface area (Å²) in [4.78, 5) is 1.78. The molecule has 1 atom stereocenters. The van der Waals surface area contributed by atoms with Gasteiger partial charge in [0.05, 0.1) is 20.3 Å². The lowest BCUT2D eigenvalue weighted by Crippen LogP contribution is -2.38. The van der Waals surface area contributed by atoms with E-state index in [1.165, 1.54) is 0 Å². The summed E-state index contributed by atoms with van der Waals surface area (Å²) < 4.78 is 10.6. The van der Waals surface area contributed by atoms with Gasteiger partial charge in [0, 0.05) is 25.7 Å². The molecule has 0 aliphatic rings. The van der Waals surface area contributed by atoms with Crippen LogP contribution < -0.4 is 9.47 Å². The Bertz CT molecular complexity index is 368. The zero-order valence-electron chi connectivity index (χ0n) is 11.7. The minimum absolute atomic E-state index is 0.0105. The molecule has 0 aliphatic carbocycles. The molecule has 0 amide bonds. The van der Waals surface area contributed by atoms with Crippen LogP contribution in [0.5, 0.6) is 11.5 Å². The third-order valence-corrected chi connectivity index (χ3v) is 2.78. The van der Waals surface area contributed by atoms with Gasteiger partial charge in [0.15, 0.2) is 0 Å². The average molecular weight is 285 g/mol. The maximum Gasteiger partial charge on any atom is 0.123 e. The first-order valence-corrected chi connectivity index (χ1v) is 6.58. The predicted octanol–water partition coefficient (Wildman–Crippen LogP) is -0.279. The molecule has 1 rings (SSSR count). The number of aliphatic hydroxyl groups excluding tert-OH is 3. The van der Waals surface area contributed by atoms with Crippen LogP contribution in [0.4, 0.5) is 0 Å². The second kappa shape index (κ2) is 9.55. The zero-order chi connectivity index (χ0) is 14.8. The maximum absolute atomic E-state index is 9.90. The summed E-state index contributed by atoms with van der Waals surface area (Å²) >= 11 is 0. The fourth-order valence-electron chi connectivity index (χ4n) is 1.81. The molecule has 0 radical (unpaired) electrons. The van der Waals surface area contributed by atoms with Gasteiger partial charge in [-0.05, 0) is 12.1 Å². The first-order chi connectivity index (χ1) is 9.69. The molecular formula is C14H23NO5. The molecule has 1 aromatic carbocycles. The Labute approximate surface area is 119 Å². The van der Waals surface area contributed by atoms with E-state index in [2.05, 4.69) is 0 Å². The van der Waals surface area contributed by atoms with Crippen LogP contribution in [0.25, 0.3) is 0 Å². The van der Waals surface area contributed by atoms with Crippen LogP contribution >= 0.6 is 0 Å². The molecule has 1 aromatic rings. The third kappa shape index (κ3) is 6.21. The number of methoxy groups -OCH3 is 1. The van der Waals surface area contributed by atoms with E-state index in [9.17, 15) is 5.11 Å². The highest BCUT2D eigenvalue weighted by Gasteiger charge is 2.12. The van der Waals surface area contributed by atoms with Crippen LogP contribution in [0, 0.1) is 0 Å². The molecule has 0 saturated carbocycles. The van der Waals surface area contributed by atoms with E-state index in [0.29, 0.717) is 31.1 Å². The average Bonchev–Trinajstić information content (AvgIpc) is 2.46. The highest BCUT2D eigenvalue weighted by Crippen LogP contribution is 2.18. The molecule has 114 valence electrons. The van der Waals surface area contributed by atoms with Gasteiger partial charge in [0.25, 0.3) is 0 Å². The molecule has 0 unspecified atom stereocenters. The molecule has 0 aromatic heterocycles. The number of nitrogens with zero attached hydrogens (tertiary/aromatic N) is 1. The number of aliphatic hydroxyl groups is 3. The third-order valence-electron chi connectivity index (χ3n) is 2.78. The van der Waals surface area contributed by atoms with E-state index in [-0.39, 0.29) is 19.8 Å². The van der Waals surface area contributed by atoms with E-state index >= 15 is 0 Å². The van der Waals surface area contributed by atoms with Gasteiger partial charge in [-0.15, -0.1) is 0 Å². The molecule has 3 N–H and O–H groups in total. The molecular weight excluding hydrogens is 262 g/mol. The standard InChI is InChI=1S/C14H23NO5/c1-19-13-3-2-4-14(9-13)20-11-12(18)10-15(5-7-16)6-8-17/h2-4,9,12,16-18H,5-8,10-11H2,1H3/t12-/m0/s1. The van der Waals surface area contributed by atoms with Crippen molar-refractivity contribution in [2.45, 2.75) is 6.10 Å². The van der Waals surface area contributed by atoms with Gasteiger partial charge < -0.3 is 24.8 Å². The molecule has 0 fully saturated rings. The highest BCUT2D eigenvalue weighted by molar-refractivity contribution is 5.32. The van der Waals surface area contributed by atoms with Crippen molar-refractivity contribution in [1.29, 1.82) is 0 Å². The predicted molar refractivity (Wildman–Crippen MR) is 75.1 cm³/mol. The second-order valence-corrected chi connectivity index (χ2v) is 4.39. The minimum Gasteiger partial charge on any atom is -0.497 e.